The summed E-state index contributed by atoms with van der Waals surface area (Å²) in [6.07, 6.45) is 3.23. The van der Waals surface area contributed by atoms with E-state index in [1.165, 1.54) is 6.07 Å². The standard InChI is InChI=1S/C12H14FN3O3S/c1-16-5-4-14-12(16)7-15-20(18,19)11-6-10(13)3-2-9(11)8-17/h2-6,15,17H,7-8H2,1H3. The highest BCUT2D eigenvalue weighted by Crippen LogP contribution is 2.17. The maximum absolute atomic E-state index is 13.2. The Balaban J connectivity index is 2.26. The van der Waals surface area contributed by atoms with E-state index in [1.54, 1.807) is 24.0 Å². The van der Waals surface area contributed by atoms with Crippen LogP contribution in [0.5, 0.6) is 0 Å². The first-order chi connectivity index (χ1) is 9.44. The minimum Gasteiger partial charge on any atom is -0.392 e. The van der Waals surface area contributed by atoms with Gasteiger partial charge in [-0.25, -0.2) is 22.5 Å². The maximum atomic E-state index is 13.2. The molecule has 2 rings (SSSR count). The largest absolute Gasteiger partial charge is 0.392 e. The minimum atomic E-state index is -3.92. The number of benzene rings is 1. The van der Waals surface area contributed by atoms with Crippen LogP contribution in [0, 0.1) is 5.82 Å². The Morgan fingerprint density at radius 2 is 2.20 bits per heavy atom. The van der Waals surface area contributed by atoms with Crippen molar-refractivity contribution in [3.05, 3.63) is 47.8 Å². The van der Waals surface area contributed by atoms with Crippen LogP contribution in [0.2, 0.25) is 0 Å². The molecule has 2 N–H and O–H groups in total. The van der Waals surface area contributed by atoms with Crippen molar-refractivity contribution in [1.82, 2.24) is 14.3 Å². The molecule has 1 aromatic heterocycles. The monoisotopic (exact) mass is 299 g/mol. The van der Waals surface area contributed by atoms with Crippen LogP contribution in [-0.4, -0.2) is 23.1 Å². The maximum Gasteiger partial charge on any atom is 0.241 e. The van der Waals surface area contributed by atoms with Crippen molar-refractivity contribution in [3.8, 4) is 0 Å². The van der Waals surface area contributed by atoms with Gasteiger partial charge in [0.1, 0.15) is 11.6 Å². The van der Waals surface area contributed by atoms with Gasteiger partial charge >= 0.3 is 0 Å². The van der Waals surface area contributed by atoms with Gasteiger partial charge in [-0.3, -0.25) is 0 Å². The molecule has 0 saturated carbocycles. The SMILES string of the molecule is Cn1ccnc1CNS(=O)(=O)c1cc(F)ccc1CO. The van der Waals surface area contributed by atoms with Gasteiger partial charge in [0.25, 0.3) is 0 Å². The van der Waals surface area contributed by atoms with Crippen molar-refractivity contribution in [1.29, 1.82) is 0 Å². The predicted octanol–water partition coefficient (Wildman–Crippen LogP) is 0.530. The van der Waals surface area contributed by atoms with E-state index in [0.29, 0.717) is 5.82 Å². The van der Waals surface area contributed by atoms with Crippen LogP contribution in [0.3, 0.4) is 0 Å². The fraction of sp³-hybridized carbons (Fsp3) is 0.250. The number of aliphatic hydroxyl groups excluding tert-OH is 1. The highest BCUT2D eigenvalue weighted by atomic mass is 32.2. The third kappa shape index (κ3) is 3.03. The molecule has 0 saturated heterocycles. The number of aryl methyl sites for hydroxylation is 1. The van der Waals surface area contributed by atoms with Gasteiger partial charge in [0.05, 0.1) is 18.0 Å². The molecule has 0 spiro atoms. The second-order valence-electron chi connectivity index (χ2n) is 4.19. The smallest absolute Gasteiger partial charge is 0.241 e. The van der Waals surface area contributed by atoms with Gasteiger partial charge in [0, 0.05) is 19.4 Å². The molecule has 0 aliphatic heterocycles. The summed E-state index contributed by atoms with van der Waals surface area (Å²) in [5.74, 6) is -0.157. The zero-order valence-electron chi connectivity index (χ0n) is 10.7. The summed E-state index contributed by atoms with van der Waals surface area (Å²) in [4.78, 5) is 3.72. The Morgan fingerprint density at radius 3 is 2.80 bits per heavy atom. The zero-order chi connectivity index (χ0) is 14.8. The van der Waals surface area contributed by atoms with Crippen LogP contribution in [0.25, 0.3) is 0 Å². The Bertz CT molecular complexity index is 712. The molecule has 1 aromatic carbocycles. The van der Waals surface area contributed by atoms with Gasteiger partial charge in [0.2, 0.25) is 10.0 Å². The van der Waals surface area contributed by atoms with E-state index in [2.05, 4.69) is 9.71 Å². The van der Waals surface area contributed by atoms with Crippen molar-refractivity contribution in [2.75, 3.05) is 0 Å². The van der Waals surface area contributed by atoms with Crippen LogP contribution in [0.15, 0.2) is 35.5 Å². The van der Waals surface area contributed by atoms with Gasteiger partial charge in [-0.1, -0.05) is 6.07 Å². The third-order valence-electron chi connectivity index (χ3n) is 2.83. The minimum absolute atomic E-state index is 0.0206. The van der Waals surface area contributed by atoms with Crippen LogP contribution >= 0.6 is 0 Å². The molecule has 0 atom stereocenters. The lowest BCUT2D eigenvalue weighted by molar-refractivity contribution is 0.278. The molecule has 108 valence electrons. The van der Waals surface area contributed by atoms with Crippen LogP contribution in [0.1, 0.15) is 11.4 Å². The summed E-state index contributed by atoms with van der Waals surface area (Å²) in [6, 6.07) is 3.22. The molecular weight excluding hydrogens is 285 g/mol. The molecule has 1 heterocycles. The van der Waals surface area contributed by atoms with E-state index in [1.807, 2.05) is 0 Å². The lowest BCUT2D eigenvalue weighted by Gasteiger charge is -2.10. The van der Waals surface area contributed by atoms with Crippen molar-refractivity contribution < 1.29 is 17.9 Å². The number of sulfonamides is 1. The molecule has 0 radical (unpaired) electrons. The van der Waals surface area contributed by atoms with Crippen LogP contribution < -0.4 is 4.72 Å². The molecule has 0 aliphatic rings. The van der Waals surface area contributed by atoms with Crippen molar-refractivity contribution in [2.45, 2.75) is 18.0 Å². The van der Waals surface area contributed by atoms with E-state index in [9.17, 15) is 12.8 Å². The molecule has 0 fully saturated rings. The highest BCUT2D eigenvalue weighted by molar-refractivity contribution is 7.89. The molecule has 2 aromatic rings. The summed E-state index contributed by atoms with van der Waals surface area (Å²) < 4.78 is 41.5. The topological polar surface area (TPSA) is 84.2 Å². The summed E-state index contributed by atoms with van der Waals surface area (Å²) >= 11 is 0. The van der Waals surface area contributed by atoms with Gasteiger partial charge in [0.15, 0.2) is 0 Å². The van der Waals surface area contributed by atoms with E-state index < -0.39 is 22.4 Å². The van der Waals surface area contributed by atoms with Crippen LogP contribution in [-0.2, 0) is 30.2 Å². The van der Waals surface area contributed by atoms with Gasteiger partial charge in [-0.05, 0) is 17.7 Å². The van der Waals surface area contributed by atoms with Crippen molar-refractivity contribution in [2.24, 2.45) is 7.05 Å². The molecule has 0 unspecified atom stereocenters. The second-order valence-corrected chi connectivity index (χ2v) is 5.92. The number of nitrogens with one attached hydrogen (secondary N) is 1. The van der Waals surface area contributed by atoms with Gasteiger partial charge < -0.3 is 9.67 Å². The molecule has 6 nitrogen and oxygen atoms in total. The predicted molar refractivity (Wildman–Crippen MR) is 69.6 cm³/mol. The average Bonchev–Trinajstić information content (AvgIpc) is 2.82. The Labute approximate surface area is 115 Å². The third-order valence-corrected chi connectivity index (χ3v) is 4.31. The first kappa shape index (κ1) is 14.6. The summed E-state index contributed by atoms with van der Waals surface area (Å²) in [5, 5.41) is 9.14. The molecule has 8 heteroatoms. The number of hydrogen-bond donors (Lipinski definition) is 2. The summed E-state index contributed by atoms with van der Waals surface area (Å²) in [5.41, 5.74) is 0.138. The average molecular weight is 299 g/mol. The highest BCUT2D eigenvalue weighted by Gasteiger charge is 2.19. The van der Waals surface area contributed by atoms with E-state index in [-0.39, 0.29) is 17.0 Å². The molecular formula is C12H14FN3O3S. The molecule has 0 amide bonds. The first-order valence-electron chi connectivity index (χ1n) is 5.79. The van der Waals surface area contributed by atoms with E-state index >= 15 is 0 Å². The fourth-order valence-electron chi connectivity index (χ4n) is 1.71. The van der Waals surface area contributed by atoms with Crippen molar-refractivity contribution >= 4 is 10.0 Å². The summed E-state index contributed by atoms with van der Waals surface area (Å²) in [6.45, 7) is -0.508. The normalized spacial score (nSPS) is 11.8. The van der Waals surface area contributed by atoms with Crippen LogP contribution in [0.4, 0.5) is 4.39 Å². The first-order valence-corrected chi connectivity index (χ1v) is 7.27. The number of aliphatic hydroxyl groups is 1. The Morgan fingerprint density at radius 1 is 1.45 bits per heavy atom. The van der Waals surface area contributed by atoms with E-state index in [4.69, 9.17) is 5.11 Å². The lowest BCUT2D eigenvalue weighted by atomic mass is 10.2. The van der Waals surface area contributed by atoms with Crippen molar-refractivity contribution in [3.63, 3.8) is 0 Å². The molecule has 0 aliphatic carbocycles. The van der Waals surface area contributed by atoms with Gasteiger partial charge in [-0.2, -0.15) is 0 Å². The Hall–Kier alpha value is -1.77. The van der Waals surface area contributed by atoms with E-state index in [0.717, 1.165) is 12.1 Å². The fourth-order valence-corrected chi connectivity index (χ4v) is 2.93. The number of halogens is 1. The zero-order valence-corrected chi connectivity index (χ0v) is 11.6. The number of hydrogen-bond acceptors (Lipinski definition) is 4. The number of imidazole rings is 1. The molecule has 20 heavy (non-hydrogen) atoms. The number of rotatable bonds is 5. The number of aromatic nitrogens is 2. The molecule has 0 bridgehead atoms. The number of nitrogens with zero attached hydrogens (tertiary/aromatic N) is 2. The summed E-state index contributed by atoms with van der Waals surface area (Å²) in [7, 11) is -2.19. The second kappa shape index (κ2) is 5.70. The Kier molecular flexibility index (Phi) is 4.17. The quantitative estimate of drug-likeness (QED) is 0.843. The lowest BCUT2D eigenvalue weighted by Crippen LogP contribution is -2.26. The van der Waals surface area contributed by atoms with Gasteiger partial charge in [-0.15, -0.1) is 0 Å².